The van der Waals surface area contributed by atoms with Crippen LogP contribution in [0.3, 0.4) is 0 Å². The first-order valence-electron chi connectivity index (χ1n) is 18.1. The molecule has 266 valence electrons. The van der Waals surface area contributed by atoms with Gasteiger partial charge in [0.1, 0.15) is 11.5 Å². The van der Waals surface area contributed by atoms with Gasteiger partial charge in [0.25, 0.3) is 0 Å². The Hall–Kier alpha value is -2.99. The van der Waals surface area contributed by atoms with Crippen LogP contribution in [0.15, 0.2) is 47.0 Å². The van der Waals surface area contributed by atoms with E-state index in [1.807, 2.05) is 32.9 Å². The molecule has 1 aliphatic carbocycles. The summed E-state index contributed by atoms with van der Waals surface area (Å²) < 4.78 is 60.3. The van der Waals surface area contributed by atoms with Crippen LogP contribution in [0, 0.1) is 5.92 Å². The summed E-state index contributed by atoms with van der Waals surface area (Å²) >= 11 is 0. The molecule has 0 unspecified atom stereocenters. The average Bonchev–Trinajstić information content (AvgIpc) is 3.64. The molecule has 7 rings (SSSR count). The number of alkyl halides is 3. The zero-order chi connectivity index (χ0) is 34.2. The van der Waals surface area contributed by atoms with Gasteiger partial charge in [0, 0.05) is 62.1 Å². The highest BCUT2D eigenvalue weighted by atomic mass is 19.4. The van der Waals surface area contributed by atoms with Crippen molar-refractivity contribution in [3.05, 3.63) is 59.5 Å². The fourth-order valence-electron chi connectivity index (χ4n) is 8.18. The fraction of sp³-hybridized carbons (Fsp3) is 0.632. The molecule has 0 amide bonds. The molecule has 4 heterocycles. The smallest absolute Gasteiger partial charge is 0.420 e. The SMILES string of the molecule is CC(C)(C)c1ccccc1Oc1ccc(-c2noc(CN3CN(CCC4CCOCC4)C4(CCN(C5CCC5)CC4)C3)n2)cc1C(F)(F)F. The molecule has 11 heteroatoms. The van der Waals surface area contributed by atoms with E-state index in [0.717, 1.165) is 89.4 Å². The van der Waals surface area contributed by atoms with Crippen molar-refractivity contribution in [2.75, 3.05) is 46.1 Å². The number of para-hydroxylation sites is 1. The van der Waals surface area contributed by atoms with E-state index in [1.54, 1.807) is 18.2 Å². The first kappa shape index (κ1) is 34.5. The Balaban J connectivity index is 1.06. The lowest BCUT2D eigenvalue weighted by atomic mass is 9.83. The van der Waals surface area contributed by atoms with Crippen LogP contribution in [-0.2, 0) is 22.9 Å². The number of benzene rings is 2. The zero-order valence-corrected chi connectivity index (χ0v) is 29.1. The maximum Gasteiger partial charge on any atom is 0.420 e. The lowest BCUT2D eigenvalue weighted by molar-refractivity contribution is -0.138. The van der Waals surface area contributed by atoms with Crippen LogP contribution in [0.25, 0.3) is 11.4 Å². The molecule has 0 atom stereocenters. The van der Waals surface area contributed by atoms with Crippen LogP contribution >= 0.6 is 0 Å². The largest absolute Gasteiger partial charge is 0.456 e. The monoisotopic (exact) mass is 681 g/mol. The van der Waals surface area contributed by atoms with E-state index in [2.05, 4.69) is 24.8 Å². The zero-order valence-electron chi connectivity index (χ0n) is 29.1. The summed E-state index contributed by atoms with van der Waals surface area (Å²) in [5.74, 6) is 1.40. The lowest BCUT2D eigenvalue weighted by Gasteiger charge is -2.48. The first-order chi connectivity index (χ1) is 23.5. The predicted octanol–water partition coefficient (Wildman–Crippen LogP) is 8.12. The number of aromatic nitrogens is 2. The topological polar surface area (TPSA) is 67.1 Å². The van der Waals surface area contributed by atoms with Gasteiger partial charge < -0.3 is 18.9 Å². The van der Waals surface area contributed by atoms with E-state index in [1.165, 1.54) is 31.7 Å². The molecule has 8 nitrogen and oxygen atoms in total. The average molecular weight is 682 g/mol. The molecule has 2 aromatic carbocycles. The molecule has 1 saturated carbocycles. The van der Waals surface area contributed by atoms with Gasteiger partial charge in [0.2, 0.25) is 11.7 Å². The van der Waals surface area contributed by atoms with Crippen LogP contribution in [0.5, 0.6) is 11.5 Å². The molecular weight excluding hydrogens is 631 g/mol. The molecule has 0 radical (unpaired) electrons. The van der Waals surface area contributed by atoms with Crippen molar-refractivity contribution < 1.29 is 27.2 Å². The van der Waals surface area contributed by atoms with Gasteiger partial charge in [-0.2, -0.15) is 18.2 Å². The lowest BCUT2D eigenvalue weighted by Crippen LogP contribution is -2.56. The van der Waals surface area contributed by atoms with Crippen molar-refractivity contribution in [2.24, 2.45) is 5.92 Å². The molecule has 4 aliphatic rings. The molecule has 3 aromatic rings. The Kier molecular flexibility index (Phi) is 9.82. The third-order valence-electron chi connectivity index (χ3n) is 11.3. The number of nitrogens with zero attached hydrogens (tertiary/aromatic N) is 5. The van der Waals surface area contributed by atoms with Gasteiger partial charge in [-0.15, -0.1) is 0 Å². The van der Waals surface area contributed by atoms with E-state index in [0.29, 0.717) is 24.1 Å². The van der Waals surface area contributed by atoms with Crippen molar-refractivity contribution in [3.63, 3.8) is 0 Å². The molecule has 1 aromatic heterocycles. The third-order valence-corrected chi connectivity index (χ3v) is 11.3. The van der Waals surface area contributed by atoms with E-state index in [9.17, 15) is 13.2 Å². The summed E-state index contributed by atoms with van der Waals surface area (Å²) in [6.07, 6.45) is 5.13. The predicted molar refractivity (Wildman–Crippen MR) is 181 cm³/mol. The number of rotatable bonds is 9. The van der Waals surface area contributed by atoms with Gasteiger partial charge in [-0.1, -0.05) is 50.5 Å². The summed E-state index contributed by atoms with van der Waals surface area (Å²) in [5, 5.41) is 4.12. The van der Waals surface area contributed by atoms with Crippen LogP contribution in [0.2, 0.25) is 0 Å². The molecule has 3 saturated heterocycles. The highest BCUT2D eigenvalue weighted by Crippen LogP contribution is 2.43. The minimum atomic E-state index is -4.64. The molecule has 0 N–H and O–H groups in total. The maximum absolute atomic E-state index is 14.4. The minimum absolute atomic E-state index is 0.122. The second-order valence-electron chi connectivity index (χ2n) is 15.7. The Morgan fingerprint density at radius 1 is 0.939 bits per heavy atom. The first-order valence-corrected chi connectivity index (χ1v) is 18.1. The summed E-state index contributed by atoms with van der Waals surface area (Å²) in [6.45, 7) is 13.3. The Labute approximate surface area is 287 Å². The van der Waals surface area contributed by atoms with Crippen molar-refractivity contribution >= 4 is 0 Å². The van der Waals surface area contributed by atoms with Crippen molar-refractivity contribution in [2.45, 2.75) is 102 Å². The Bertz CT molecular complexity index is 1570. The maximum atomic E-state index is 14.4. The van der Waals surface area contributed by atoms with E-state index >= 15 is 0 Å². The molecule has 1 spiro atoms. The molecule has 49 heavy (non-hydrogen) atoms. The highest BCUT2D eigenvalue weighted by molar-refractivity contribution is 5.59. The van der Waals surface area contributed by atoms with E-state index in [4.69, 9.17) is 14.0 Å². The van der Waals surface area contributed by atoms with Gasteiger partial charge in [-0.3, -0.25) is 9.80 Å². The van der Waals surface area contributed by atoms with Crippen molar-refractivity contribution in [1.82, 2.24) is 24.8 Å². The summed E-state index contributed by atoms with van der Waals surface area (Å²) in [6, 6.07) is 11.9. The standard InChI is InChI=1S/C38H50F3N5O3/c1-36(2,3)30-9-4-5-10-32(30)48-33-12-11-28(23-31(33)38(39,40)41)35-42-34(49-43-35)24-44-25-37(16-19-45(20-17-37)29-7-6-8-29)46(26-44)18-13-27-14-21-47-22-15-27/h4-5,9-12,23,27,29H,6-8,13-22,24-26H2,1-3H3. The fourth-order valence-corrected chi connectivity index (χ4v) is 8.18. The normalized spacial score (nSPS) is 21.8. The van der Waals surface area contributed by atoms with Crippen molar-refractivity contribution in [3.8, 4) is 22.9 Å². The van der Waals surface area contributed by atoms with E-state index < -0.39 is 11.7 Å². The molecule has 0 bridgehead atoms. The van der Waals surface area contributed by atoms with Crippen LogP contribution < -0.4 is 4.74 Å². The van der Waals surface area contributed by atoms with Crippen LogP contribution in [0.1, 0.15) is 89.2 Å². The van der Waals surface area contributed by atoms with Gasteiger partial charge >= 0.3 is 6.18 Å². The summed E-state index contributed by atoms with van der Waals surface area (Å²) in [5.41, 5.74) is -0.00449. The van der Waals surface area contributed by atoms with Gasteiger partial charge in [0.15, 0.2) is 0 Å². The van der Waals surface area contributed by atoms with Gasteiger partial charge in [0.05, 0.1) is 18.8 Å². The van der Waals surface area contributed by atoms with Crippen molar-refractivity contribution in [1.29, 1.82) is 0 Å². The summed E-state index contributed by atoms with van der Waals surface area (Å²) in [7, 11) is 0. The van der Waals surface area contributed by atoms with Crippen LogP contribution in [0.4, 0.5) is 13.2 Å². The number of hydrogen-bond acceptors (Lipinski definition) is 8. The molecular formula is C38H50F3N5O3. The number of likely N-dealkylation sites (tertiary alicyclic amines) is 1. The second kappa shape index (κ2) is 14.0. The molecule has 3 aliphatic heterocycles. The third kappa shape index (κ3) is 7.70. The van der Waals surface area contributed by atoms with Gasteiger partial charge in [-0.05, 0) is 80.5 Å². The second-order valence-corrected chi connectivity index (χ2v) is 15.7. The Morgan fingerprint density at radius 2 is 1.67 bits per heavy atom. The van der Waals surface area contributed by atoms with Gasteiger partial charge in [-0.25, -0.2) is 0 Å². The number of hydrogen-bond donors (Lipinski definition) is 0. The highest BCUT2D eigenvalue weighted by Gasteiger charge is 2.47. The quantitative estimate of drug-likeness (QED) is 0.224. The number of piperidine rings is 1. The number of ether oxygens (including phenoxy) is 2. The summed E-state index contributed by atoms with van der Waals surface area (Å²) in [4.78, 5) is 12.4. The molecule has 4 fully saturated rings. The van der Waals surface area contributed by atoms with E-state index in [-0.39, 0.29) is 28.1 Å². The Morgan fingerprint density at radius 3 is 2.37 bits per heavy atom. The van der Waals surface area contributed by atoms with Crippen LogP contribution in [-0.4, -0.2) is 82.5 Å². The minimum Gasteiger partial charge on any atom is -0.456 e. The number of halogens is 3.